The van der Waals surface area contributed by atoms with Crippen molar-refractivity contribution in [1.29, 1.82) is 0 Å². The Balaban J connectivity index is 2.88. The minimum absolute atomic E-state index is 0.0248. The van der Waals surface area contributed by atoms with Gasteiger partial charge in [0, 0.05) is 0 Å². The Morgan fingerprint density at radius 1 is 1.25 bits per heavy atom. The molecule has 0 amide bonds. The van der Waals surface area contributed by atoms with Crippen LogP contribution in [0.5, 0.6) is 5.75 Å². The van der Waals surface area contributed by atoms with Gasteiger partial charge >= 0.3 is 0 Å². The minimum atomic E-state index is -0.880. The van der Waals surface area contributed by atoms with E-state index in [0.717, 1.165) is 14.5 Å². The summed E-state index contributed by atoms with van der Waals surface area (Å²) in [6.07, 6.45) is 0. The maximum Gasteiger partial charge on any atom is 0.147 e. The lowest BCUT2D eigenvalue weighted by Gasteiger charge is -2.19. The number of aliphatic hydroxyl groups excluding tert-OH is 1. The van der Waals surface area contributed by atoms with E-state index in [9.17, 15) is 5.11 Å². The third kappa shape index (κ3) is 4.05. The molecule has 0 heterocycles. The van der Waals surface area contributed by atoms with Gasteiger partial charge in [-0.15, -0.1) is 0 Å². The second-order valence-electron chi connectivity index (χ2n) is 4.15. The monoisotopic (exact) mass is 352 g/mol. The number of ether oxygens (including phenoxy) is 1. The Hall–Kier alpha value is -0.100. The van der Waals surface area contributed by atoms with Crippen LogP contribution in [0.15, 0.2) is 21.1 Å². The van der Waals surface area contributed by atoms with Crippen molar-refractivity contribution in [2.45, 2.75) is 26.1 Å². The Morgan fingerprint density at radius 2 is 1.75 bits per heavy atom. The van der Waals surface area contributed by atoms with Gasteiger partial charge < -0.3 is 14.9 Å². The zero-order chi connectivity index (χ0) is 12.3. The lowest BCUT2D eigenvalue weighted by Crippen LogP contribution is -2.28. The topological polar surface area (TPSA) is 49.7 Å². The number of rotatable bonds is 4. The summed E-state index contributed by atoms with van der Waals surface area (Å²) in [5, 5.41) is 18.6. The van der Waals surface area contributed by atoms with Gasteiger partial charge in [0.05, 0.1) is 21.2 Å². The standard InChI is InChI=1S/C11H14Br2O3/c1-11(2,15)6-16-10-8(12)3-7(5-14)4-9(10)13/h3-4,14-15H,5-6H2,1-2H3. The molecule has 0 aliphatic carbocycles. The van der Waals surface area contributed by atoms with Crippen LogP contribution in [0.25, 0.3) is 0 Å². The van der Waals surface area contributed by atoms with Crippen LogP contribution in [0, 0.1) is 0 Å². The summed E-state index contributed by atoms with van der Waals surface area (Å²) in [7, 11) is 0. The van der Waals surface area contributed by atoms with Crippen molar-refractivity contribution in [3.8, 4) is 5.75 Å². The number of benzene rings is 1. The lowest BCUT2D eigenvalue weighted by molar-refractivity contribution is 0.0279. The maximum absolute atomic E-state index is 9.57. The Morgan fingerprint density at radius 3 is 2.12 bits per heavy atom. The summed E-state index contributed by atoms with van der Waals surface area (Å²) in [6.45, 7) is 3.53. The fourth-order valence-electron chi connectivity index (χ4n) is 1.09. The third-order valence-electron chi connectivity index (χ3n) is 1.81. The van der Waals surface area contributed by atoms with Crippen LogP contribution < -0.4 is 4.74 Å². The van der Waals surface area contributed by atoms with Crippen LogP contribution in [0.4, 0.5) is 0 Å². The number of hydrogen-bond acceptors (Lipinski definition) is 3. The lowest BCUT2D eigenvalue weighted by atomic mass is 10.1. The molecule has 0 fully saturated rings. The van der Waals surface area contributed by atoms with Gasteiger partial charge in [0.15, 0.2) is 0 Å². The SMILES string of the molecule is CC(C)(O)COc1c(Br)cc(CO)cc1Br. The van der Waals surface area contributed by atoms with Crippen LogP contribution in [0.1, 0.15) is 19.4 Å². The average molecular weight is 354 g/mol. The van der Waals surface area contributed by atoms with Crippen molar-refractivity contribution in [2.24, 2.45) is 0 Å². The van der Waals surface area contributed by atoms with E-state index in [-0.39, 0.29) is 13.2 Å². The fourth-order valence-corrected chi connectivity index (χ4v) is 2.60. The molecule has 2 N–H and O–H groups in total. The van der Waals surface area contributed by atoms with Crippen LogP contribution in [-0.4, -0.2) is 22.4 Å². The van der Waals surface area contributed by atoms with E-state index in [0.29, 0.717) is 5.75 Å². The highest BCUT2D eigenvalue weighted by atomic mass is 79.9. The summed E-state index contributed by atoms with van der Waals surface area (Å²) in [5.74, 6) is 0.624. The largest absolute Gasteiger partial charge is 0.488 e. The molecule has 0 atom stereocenters. The molecule has 0 saturated heterocycles. The van der Waals surface area contributed by atoms with Crippen molar-refractivity contribution in [3.63, 3.8) is 0 Å². The van der Waals surface area contributed by atoms with Crippen molar-refractivity contribution in [2.75, 3.05) is 6.61 Å². The molecule has 0 aromatic heterocycles. The maximum atomic E-state index is 9.57. The minimum Gasteiger partial charge on any atom is -0.488 e. The quantitative estimate of drug-likeness (QED) is 0.875. The summed E-state index contributed by atoms with van der Waals surface area (Å²) >= 11 is 6.72. The molecular weight excluding hydrogens is 340 g/mol. The molecule has 3 nitrogen and oxygen atoms in total. The van der Waals surface area contributed by atoms with E-state index >= 15 is 0 Å². The van der Waals surface area contributed by atoms with Gasteiger partial charge in [0.25, 0.3) is 0 Å². The first-order valence-electron chi connectivity index (χ1n) is 4.77. The van der Waals surface area contributed by atoms with Crippen LogP contribution >= 0.6 is 31.9 Å². The Kier molecular flexibility index (Phi) is 4.79. The normalized spacial score (nSPS) is 11.6. The highest BCUT2D eigenvalue weighted by Gasteiger charge is 2.16. The molecule has 0 aliphatic heterocycles. The van der Waals surface area contributed by atoms with Gasteiger partial charge in [-0.05, 0) is 63.4 Å². The molecule has 0 spiro atoms. The smallest absolute Gasteiger partial charge is 0.147 e. The van der Waals surface area contributed by atoms with E-state index in [2.05, 4.69) is 31.9 Å². The van der Waals surface area contributed by atoms with Crippen molar-refractivity contribution in [3.05, 3.63) is 26.6 Å². The van der Waals surface area contributed by atoms with E-state index < -0.39 is 5.60 Å². The first-order chi connectivity index (χ1) is 7.33. The molecule has 0 bridgehead atoms. The van der Waals surface area contributed by atoms with Crippen molar-refractivity contribution >= 4 is 31.9 Å². The van der Waals surface area contributed by atoms with Gasteiger partial charge in [-0.2, -0.15) is 0 Å². The molecule has 0 unspecified atom stereocenters. The molecule has 0 saturated carbocycles. The van der Waals surface area contributed by atoms with Gasteiger partial charge in [-0.1, -0.05) is 0 Å². The highest BCUT2D eigenvalue weighted by molar-refractivity contribution is 9.11. The molecule has 90 valence electrons. The zero-order valence-corrected chi connectivity index (χ0v) is 12.3. The molecule has 16 heavy (non-hydrogen) atoms. The van der Waals surface area contributed by atoms with Crippen LogP contribution in [0.2, 0.25) is 0 Å². The zero-order valence-electron chi connectivity index (χ0n) is 9.13. The molecule has 1 rings (SSSR count). The third-order valence-corrected chi connectivity index (χ3v) is 2.99. The molecule has 0 radical (unpaired) electrons. The van der Waals surface area contributed by atoms with Gasteiger partial charge in [0.2, 0.25) is 0 Å². The first-order valence-corrected chi connectivity index (χ1v) is 6.36. The highest BCUT2D eigenvalue weighted by Crippen LogP contribution is 2.35. The van der Waals surface area contributed by atoms with E-state index in [1.54, 1.807) is 26.0 Å². The predicted octanol–water partition coefficient (Wildman–Crippen LogP) is 2.85. The van der Waals surface area contributed by atoms with Gasteiger partial charge in [0.1, 0.15) is 12.4 Å². The van der Waals surface area contributed by atoms with E-state index in [1.165, 1.54) is 0 Å². The molecular formula is C11H14Br2O3. The number of hydrogen-bond donors (Lipinski definition) is 2. The molecule has 0 aliphatic rings. The summed E-state index contributed by atoms with van der Waals surface area (Å²) in [6, 6.07) is 3.56. The first kappa shape index (κ1) is 14.0. The summed E-state index contributed by atoms with van der Waals surface area (Å²) in [4.78, 5) is 0. The second kappa shape index (κ2) is 5.49. The molecule has 5 heteroatoms. The number of aliphatic hydroxyl groups is 2. The van der Waals surface area contributed by atoms with E-state index in [4.69, 9.17) is 9.84 Å². The van der Waals surface area contributed by atoms with Gasteiger partial charge in [-0.3, -0.25) is 0 Å². The Labute approximate surface area is 112 Å². The summed E-state index contributed by atoms with van der Waals surface area (Å²) < 4.78 is 7.00. The summed E-state index contributed by atoms with van der Waals surface area (Å²) in [5.41, 5.74) is -0.0940. The van der Waals surface area contributed by atoms with Gasteiger partial charge in [-0.25, -0.2) is 0 Å². The van der Waals surface area contributed by atoms with E-state index in [1.807, 2.05) is 0 Å². The molecule has 1 aromatic rings. The Bertz CT molecular complexity index is 349. The van der Waals surface area contributed by atoms with Crippen molar-refractivity contribution < 1.29 is 14.9 Å². The van der Waals surface area contributed by atoms with Crippen LogP contribution in [-0.2, 0) is 6.61 Å². The molecule has 1 aromatic carbocycles. The van der Waals surface area contributed by atoms with Crippen molar-refractivity contribution in [1.82, 2.24) is 0 Å². The van der Waals surface area contributed by atoms with Crippen LogP contribution in [0.3, 0.4) is 0 Å². The average Bonchev–Trinajstić information content (AvgIpc) is 2.14. The predicted molar refractivity (Wildman–Crippen MR) is 69.6 cm³/mol. The second-order valence-corrected chi connectivity index (χ2v) is 5.86. The number of halogens is 2. The fraction of sp³-hybridized carbons (Fsp3) is 0.455.